The van der Waals surface area contributed by atoms with E-state index in [1.54, 1.807) is 0 Å². The molecule has 0 aromatic carbocycles. The number of H-pyrrole nitrogens is 1. The zero-order valence-corrected chi connectivity index (χ0v) is 15.2. The molecule has 0 bridgehead atoms. The number of aromatic nitrogens is 3. The summed E-state index contributed by atoms with van der Waals surface area (Å²) in [6, 6.07) is 2.07. The van der Waals surface area contributed by atoms with Gasteiger partial charge in [-0.3, -0.25) is 9.89 Å². The van der Waals surface area contributed by atoms with Crippen molar-refractivity contribution in [3.63, 3.8) is 0 Å². The molecule has 1 N–H and O–H groups in total. The molecule has 6 nitrogen and oxygen atoms in total. The number of ether oxygens (including phenoxy) is 1. The van der Waals surface area contributed by atoms with E-state index in [0.717, 1.165) is 35.8 Å². The van der Waals surface area contributed by atoms with Crippen molar-refractivity contribution in [2.24, 2.45) is 0 Å². The Balaban J connectivity index is 1.68. The minimum atomic E-state index is -0.0670. The monoisotopic (exact) mass is 348 g/mol. The van der Waals surface area contributed by atoms with E-state index in [0.29, 0.717) is 24.8 Å². The molecule has 1 aliphatic heterocycles. The molecule has 1 aliphatic rings. The second-order valence-electron chi connectivity index (χ2n) is 6.23. The smallest absolute Gasteiger partial charge is 0.273 e. The van der Waals surface area contributed by atoms with Crippen LogP contribution in [-0.2, 0) is 4.74 Å². The topological polar surface area (TPSA) is 71.1 Å². The maximum Gasteiger partial charge on any atom is 0.273 e. The first kappa shape index (κ1) is 17.1. The standard InChI is InChI=1S/C17H24N4O2S/c1-4-23-12(3)16-18-15(10-24-16)17(22)21-7-5-6-13(9-21)14-8-11(2)19-20-14/h8,10,12-13H,4-7,9H2,1-3H3,(H,19,20)/t12-,13-/m0/s1. The molecule has 0 saturated carbocycles. The number of hydrogen-bond donors (Lipinski definition) is 1. The summed E-state index contributed by atoms with van der Waals surface area (Å²) in [5.41, 5.74) is 2.64. The number of aryl methyl sites for hydroxylation is 1. The molecule has 3 rings (SSSR count). The number of hydrogen-bond acceptors (Lipinski definition) is 5. The fraction of sp³-hybridized carbons (Fsp3) is 0.588. The Morgan fingerprint density at radius 3 is 3.12 bits per heavy atom. The molecule has 130 valence electrons. The molecule has 3 heterocycles. The van der Waals surface area contributed by atoms with Gasteiger partial charge >= 0.3 is 0 Å². The van der Waals surface area contributed by atoms with Crippen molar-refractivity contribution in [2.45, 2.75) is 45.6 Å². The molecule has 0 radical (unpaired) electrons. The van der Waals surface area contributed by atoms with E-state index in [4.69, 9.17) is 4.74 Å². The summed E-state index contributed by atoms with van der Waals surface area (Å²) in [6.07, 6.45) is 1.99. The second kappa shape index (κ2) is 7.44. The highest BCUT2D eigenvalue weighted by molar-refractivity contribution is 7.09. The van der Waals surface area contributed by atoms with E-state index in [9.17, 15) is 4.79 Å². The quantitative estimate of drug-likeness (QED) is 0.900. The lowest BCUT2D eigenvalue weighted by Crippen LogP contribution is -2.39. The molecular weight excluding hydrogens is 324 g/mol. The third kappa shape index (κ3) is 3.67. The van der Waals surface area contributed by atoms with Crippen LogP contribution in [0.3, 0.4) is 0 Å². The Morgan fingerprint density at radius 1 is 1.58 bits per heavy atom. The second-order valence-corrected chi connectivity index (χ2v) is 7.12. The molecule has 1 fully saturated rings. The minimum absolute atomic E-state index is 0.0122. The summed E-state index contributed by atoms with van der Waals surface area (Å²) in [7, 11) is 0. The van der Waals surface area contributed by atoms with Crippen molar-refractivity contribution < 1.29 is 9.53 Å². The molecule has 0 aliphatic carbocycles. The predicted molar refractivity (Wildman–Crippen MR) is 93.4 cm³/mol. The summed E-state index contributed by atoms with van der Waals surface area (Å²) in [6.45, 7) is 8.05. The van der Waals surface area contributed by atoms with Gasteiger partial charge in [-0.05, 0) is 39.7 Å². The number of rotatable bonds is 5. The Labute approximate surface area is 146 Å². The number of nitrogens with one attached hydrogen (secondary N) is 1. The SMILES string of the molecule is CCO[C@@H](C)c1nc(C(=O)N2CCC[C@H](c3cc(C)[nH]n3)C2)cs1. The maximum atomic E-state index is 12.8. The number of nitrogens with zero attached hydrogens (tertiary/aromatic N) is 3. The summed E-state index contributed by atoms with van der Waals surface area (Å²) in [5.74, 6) is 0.311. The van der Waals surface area contributed by atoms with Gasteiger partial charge in [0.05, 0.1) is 5.69 Å². The van der Waals surface area contributed by atoms with Crippen molar-refractivity contribution in [3.05, 3.63) is 33.5 Å². The molecule has 1 amide bonds. The molecule has 24 heavy (non-hydrogen) atoms. The Kier molecular flexibility index (Phi) is 5.30. The highest BCUT2D eigenvalue weighted by atomic mass is 32.1. The maximum absolute atomic E-state index is 12.8. The first-order valence-electron chi connectivity index (χ1n) is 8.46. The van der Waals surface area contributed by atoms with Crippen molar-refractivity contribution in [2.75, 3.05) is 19.7 Å². The van der Waals surface area contributed by atoms with Crippen LogP contribution in [0.4, 0.5) is 0 Å². The Morgan fingerprint density at radius 2 is 2.42 bits per heavy atom. The third-order valence-electron chi connectivity index (χ3n) is 4.36. The average molecular weight is 348 g/mol. The van der Waals surface area contributed by atoms with E-state index in [2.05, 4.69) is 21.2 Å². The molecule has 0 unspecified atom stereocenters. The first-order valence-corrected chi connectivity index (χ1v) is 9.34. The van der Waals surface area contributed by atoms with Gasteiger partial charge in [0.15, 0.2) is 0 Å². The molecule has 2 aromatic rings. The lowest BCUT2D eigenvalue weighted by Gasteiger charge is -2.31. The van der Waals surface area contributed by atoms with E-state index < -0.39 is 0 Å². The van der Waals surface area contributed by atoms with Gasteiger partial charge in [0.2, 0.25) is 0 Å². The molecule has 2 atom stereocenters. The summed E-state index contributed by atoms with van der Waals surface area (Å²) in [4.78, 5) is 19.2. The zero-order valence-electron chi connectivity index (χ0n) is 14.4. The van der Waals surface area contributed by atoms with Crippen LogP contribution >= 0.6 is 11.3 Å². The van der Waals surface area contributed by atoms with Crippen molar-refractivity contribution >= 4 is 17.2 Å². The number of thiazole rings is 1. The van der Waals surface area contributed by atoms with Crippen LogP contribution < -0.4 is 0 Å². The lowest BCUT2D eigenvalue weighted by atomic mass is 9.94. The number of amides is 1. The van der Waals surface area contributed by atoms with Gasteiger partial charge in [0, 0.05) is 36.7 Å². The zero-order chi connectivity index (χ0) is 17.1. The van der Waals surface area contributed by atoms with Gasteiger partial charge < -0.3 is 9.64 Å². The van der Waals surface area contributed by atoms with Crippen molar-refractivity contribution in [1.29, 1.82) is 0 Å². The first-order chi connectivity index (χ1) is 11.6. The fourth-order valence-electron chi connectivity index (χ4n) is 3.11. The number of aromatic amines is 1. The van der Waals surface area contributed by atoms with Crippen LogP contribution in [0.2, 0.25) is 0 Å². The summed E-state index contributed by atoms with van der Waals surface area (Å²) >= 11 is 1.49. The lowest BCUT2D eigenvalue weighted by molar-refractivity contribution is 0.0691. The fourth-order valence-corrected chi connectivity index (χ4v) is 3.90. The van der Waals surface area contributed by atoms with E-state index in [1.807, 2.05) is 31.1 Å². The van der Waals surface area contributed by atoms with E-state index in [-0.39, 0.29) is 12.0 Å². The van der Waals surface area contributed by atoms with Crippen LogP contribution in [0, 0.1) is 6.92 Å². The van der Waals surface area contributed by atoms with E-state index in [1.165, 1.54) is 11.3 Å². The number of likely N-dealkylation sites (tertiary alicyclic amines) is 1. The van der Waals surface area contributed by atoms with Gasteiger partial charge in [0.25, 0.3) is 5.91 Å². The van der Waals surface area contributed by atoms with Gasteiger partial charge in [-0.2, -0.15) is 5.10 Å². The Bertz CT molecular complexity index is 696. The average Bonchev–Trinajstić information content (AvgIpc) is 3.24. The van der Waals surface area contributed by atoms with Crippen LogP contribution in [0.1, 0.15) is 65.6 Å². The summed E-state index contributed by atoms with van der Waals surface area (Å²) in [5, 5.41) is 10.1. The largest absolute Gasteiger partial charge is 0.372 e. The van der Waals surface area contributed by atoms with Gasteiger partial charge in [-0.25, -0.2) is 4.98 Å². The minimum Gasteiger partial charge on any atom is -0.372 e. The molecule has 7 heteroatoms. The van der Waals surface area contributed by atoms with Crippen LogP contribution in [0.5, 0.6) is 0 Å². The Hall–Kier alpha value is -1.73. The van der Waals surface area contributed by atoms with Crippen molar-refractivity contribution in [1.82, 2.24) is 20.1 Å². The predicted octanol–water partition coefficient (Wildman–Crippen LogP) is 3.29. The molecule has 1 saturated heterocycles. The van der Waals surface area contributed by atoms with E-state index >= 15 is 0 Å². The number of piperidine rings is 1. The van der Waals surface area contributed by atoms with Gasteiger partial charge in [0.1, 0.15) is 16.8 Å². The third-order valence-corrected chi connectivity index (χ3v) is 5.36. The highest BCUT2D eigenvalue weighted by Crippen LogP contribution is 2.28. The summed E-state index contributed by atoms with van der Waals surface area (Å²) < 4.78 is 5.55. The molecule has 2 aromatic heterocycles. The van der Waals surface area contributed by atoms with Crippen LogP contribution in [0.15, 0.2) is 11.4 Å². The molecule has 0 spiro atoms. The van der Waals surface area contributed by atoms with Crippen LogP contribution in [0.25, 0.3) is 0 Å². The number of carbonyl (C=O) groups is 1. The normalized spacial score (nSPS) is 19.5. The van der Waals surface area contributed by atoms with Gasteiger partial charge in [-0.15, -0.1) is 11.3 Å². The van der Waals surface area contributed by atoms with Gasteiger partial charge in [-0.1, -0.05) is 0 Å². The van der Waals surface area contributed by atoms with Crippen molar-refractivity contribution in [3.8, 4) is 0 Å². The number of carbonyl (C=O) groups excluding carboxylic acids is 1. The van der Waals surface area contributed by atoms with Crippen LogP contribution in [-0.4, -0.2) is 45.7 Å². The highest BCUT2D eigenvalue weighted by Gasteiger charge is 2.28. The molecular formula is C17H24N4O2S.